The normalized spacial score (nSPS) is 17.2. The van der Waals surface area contributed by atoms with Crippen molar-refractivity contribution in [2.24, 2.45) is 17.8 Å². The molecule has 4 rings (SSSR count). The molecule has 0 aliphatic carbocycles. The zero-order valence-corrected chi connectivity index (χ0v) is 21.9. The fourth-order valence-electron chi connectivity index (χ4n) is 4.52. The molecule has 0 spiro atoms. The Kier molecular flexibility index (Phi) is 7.35. The van der Waals surface area contributed by atoms with Crippen LogP contribution in [0.4, 0.5) is 5.00 Å². The molecule has 2 N–H and O–H groups in total. The number of primary amides is 1. The zero-order chi connectivity index (χ0) is 25.3. The number of hydrogen-bond acceptors (Lipinski definition) is 7. The smallest absolute Gasteiger partial charge is 0.268 e. The summed E-state index contributed by atoms with van der Waals surface area (Å²) in [6.07, 6.45) is 2.19. The van der Waals surface area contributed by atoms with Crippen molar-refractivity contribution >= 4 is 60.2 Å². The number of benzene rings is 2. The monoisotopic (exact) mass is 534 g/mol. The first-order chi connectivity index (χ1) is 16.6. The minimum atomic E-state index is -3.67. The van der Waals surface area contributed by atoms with Gasteiger partial charge >= 0.3 is 0 Å². The van der Waals surface area contributed by atoms with Crippen LogP contribution in [0.25, 0.3) is 10.8 Å². The van der Waals surface area contributed by atoms with E-state index in [0.29, 0.717) is 33.5 Å². The maximum Gasteiger partial charge on any atom is 0.268 e. The van der Waals surface area contributed by atoms with Crippen molar-refractivity contribution in [3.8, 4) is 0 Å². The molecule has 186 valence electrons. The van der Waals surface area contributed by atoms with E-state index in [1.165, 1.54) is 11.3 Å². The number of amides is 1. The zero-order valence-electron chi connectivity index (χ0n) is 19.5. The highest BCUT2D eigenvalue weighted by atomic mass is 35.5. The van der Waals surface area contributed by atoms with Crippen LogP contribution in [0.5, 0.6) is 0 Å². The van der Waals surface area contributed by atoms with Gasteiger partial charge in [0.25, 0.3) is 5.91 Å². The number of fused-ring (bicyclic) bond motifs is 1. The summed E-state index contributed by atoms with van der Waals surface area (Å²) in [5, 5.41) is 2.80. The minimum Gasteiger partial charge on any atom is -0.364 e. The number of Topliss-reactive ketones (excluding diaryl/α,β-unsaturated/α-hetero) is 1. The standard InChI is InChI=1S/C24H27ClN4O4S2/c1-27-24-28(2)21(22(26)31)23(34-24)29-11-4-3-5-19(29)20(30)10-12-35(32,33)18-9-7-15-13-17(25)8-6-16(15)14-18/h6-9,13-14,19H,3-5,10-12H2,1-2H3,(H2,26,31). The minimum absolute atomic E-state index is 0.115. The van der Waals surface area contributed by atoms with Gasteiger partial charge in [-0.3, -0.25) is 14.6 Å². The molecule has 2 heterocycles. The molecule has 0 radical (unpaired) electrons. The van der Waals surface area contributed by atoms with Gasteiger partial charge in [0.15, 0.2) is 20.4 Å². The Morgan fingerprint density at radius 1 is 1.17 bits per heavy atom. The molecule has 1 unspecified atom stereocenters. The van der Waals surface area contributed by atoms with Crippen LogP contribution in [0, 0.1) is 0 Å². The van der Waals surface area contributed by atoms with Crippen LogP contribution in [0.15, 0.2) is 46.3 Å². The molecule has 1 atom stereocenters. The number of piperidine rings is 1. The summed E-state index contributed by atoms with van der Waals surface area (Å²) in [7, 11) is -0.323. The molecular weight excluding hydrogens is 508 g/mol. The van der Waals surface area contributed by atoms with Gasteiger partial charge in [-0.2, -0.15) is 0 Å². The Morgan fingerprint density at radius 3 is 2.60 bits per heavy atom. The van der Waals surface area contributed by atoms with Crippen LogP contribution < -0.4 is 15.4 Å². The summed E-state index contributed by atoms with van der Waals surface area (Å²) in [5.41, 5.74) is 5.95. The number of thiazole rings is 1. The Hall–Kier alpha value is -2.69. The van der Waals surface area contributed by atoms with E-state index < -0.39 is 21.8 Å². The molecule has 1 fully saturated rings. The lowest BCUT2D eigenvalue weighted by molar-refractivity contribution is -0.120. The summed E-state index contributed by atoms with van der Waals surface area (Å²) < 4.78 is 27.7. The van der Waals surface area contributed by atoms with Crippen LogP contribution in [0.2, 0.25) is 5.02 Å². The third kappa shape index (κ3) is 5.14. The van der Waals surface area contributed by atoms with Gasteiger partial charge in [0.1, 0.15) is 10.7 Å². The van der Waals surface area contributed by atoms with E-state index in [4.69, 9.17) is 17.3 Å². The van der Waals surface area contributed by atoms with E-state index in [1.807, 2.05) is 4.90 Å². The molecular formula is C24H27ClN4O4S2. The molecule has 0 saturated carbocycles. The second-order valence-electron chi connectivity index (χ2n) is 8.58. The number of rotatable bonds is 7. The van der Waals surface area contributed by atoms with E-state index in [0.717, 1.165) is 23.6 Å². The highest BCUT2D eigenvalue weighted by molar-refractivity contribution is 7.91. The lowest BCUT2D eigenvalue weighted by Gasteiger charge is -2.35. The average Bonchev–Trinajstić information content (AvgIpc) is 3.18. The highest BCUT2D eigenvalue weighted by Gasteiger charge is 2.33. The third-order valence-corrected chi connectivity index (χ3v) is 9.53. The van der Waals surface area contributed by atoms with Crippen molar-refractivity contribution in [2.75, 3.05) is 24.2 Å². The number of nitrogens with zero attached hydrogens (tertiary/aromatic N) is 3. The van der Waals surface area contributed by atoms with E-state index >= 15 is 0 Å². The van der Waals surface area contributed by atoms with Crippen LogP contribution >= 0.6 is 22.9 Å². The van der Waals surface area contributed by atoms with Crippen molar-refractivity contribution in [2.45, 2.75) is 36.6 Å². The van der Waals surface area contributed by atoms with Gasteiger partial charge in [-0.05, 0) is 54.3 Å². The van der Waals surface area contributed by atoms with Gasteiger partial charge in [-0.1, -0.05) is 35.1 Å². The molecule has 0 bridgehead atoms. The molecule has 1 saturated heterocycles. The third-order valence-electron chi connectivity index (χ3n) is 6.32. The largest absolute Gasteiger partial charge is 0.364 e. The molecule has 35 heavy (non-hydrogen) atoms. The number of nitrogens with two attached hydrogens (primary N) is 1. The Balaban J connectivity index is 1.56. The highest BCUT2D eigenvalue weighted by Crippen LogP contribution is 2.32. The molecule has 3 aromatic rings. The van der Waals surface area contributed by atoms with Gasteiger partial charge < -0.3 is 15.2 Å². The van der Waals surface area contributed by atoms with Crippen molar-refractivity contribution in [3.05, 3.63) is 51.9 Å². The fraction of sp³-hybridized carbons (Fsp3) is 0.375. The topological polar surface area (TPSA) is 115 Å². The maximum atomic E-state index is 13.3. The second-order valence-corrected chi connectivity index (χ2v) is 12.1. The van der Waals surface area contributed by atoms with E-state index in [2.05, 4.69) is 4.99 Å². The first-order valence-corrected chi connectivity index (χ1v) is 14.1. The molecule has 1 aromatic heterocycles. The molecule has 1 aliphatic rings. The van der Waals surface area contributed by atoms with E-state index in [1.54, 1.807) is 55.1 Å². The SMILES string of the molecule is CN=c1sc(N2CCCCC2C(=O)CCS(=O)(=O)c2ccc3cc(Cl)ccc3c2)c(C(N)=O)n1C. The molecule has 1 amide bonds. The fourth-order valence-corrected chi connectivity index (χ4v) is 7.15. The lowest BCUT2D eigenvalue weighted by Crippen LogP contribution is -2.45. The first-order valence-electron chi connectivity index (χ1n) is 11.3. The molecule has 2 aromatic carbocycles. The summed E-state index contributed by atoms with van der Waals surface area (Å²) >= 11 is 7.32. The Bertz CT molecular complexity index is 1480. The number of hydrogen-bond donors (Lipinski definition) is 1. The second kappa shape index (κ2) is 10.1. The summed E-state index contributed by atoms with van der Waals surface area (Å²) in [4.78, 5) is 32.4. The molecule has 11 heteroatoms. The summed E-state index contributed by atoms with van der Waals surface area (Å²) in [5.74, 6) is -1.04. The van der Waals surface area contributed by atoms with E-state index in [-0.39, 0.29) is 22.9 Å². The number of anilines is 1. The Morgan fingerprint density at radius 2 is 1.89 bits per heavy atom. The average molecular weight is 535 g/mol. The van der Waals surface area contributed by atoms with Gasteiger partial charge in [0.2, 0.25) is 0 Å². The van der Waals surface area contributed by atoms with Crippen molar-refractivity contribution in [1.82, 2.24) is 4.57 Å². The van der Waals surface area contributed by atoms with Crippen LogP contribution in [0.1, 0.15) is 36.2 Å². The summed E-state index contributed by atoms with van der Waals surface area (Å²) in [6.45, 7) is 0.584. The predicted molar refractivity (Wildman–Crippen MR) is 139 cm³/mol. The number of ketones is 1. The predicted octanol–water partition coefficient (Wildman–Crippen LogP) is 3.31. The maximum absolute atomic E-state index is 13.3. The van der Waals surface area contributed by atoms with E-state index in [9.17, 15) is 18.0 Å². The molecule has 8 nitrogen and oxygen atoms in total. The number of aromatic nitrogens is 1. The van der Waals surface area contributed by atoms with Gasteiger partial charge in [0, 0.05) is 32.1 Å². The van der Waals surface area contributed by atoms with Crippen molar-refractivity contribution < 1.29 is 18.0 Å². The quantitative estimate of drug-likeness (QED) is 0.499. The van der Waals surface area contributed by atoms with Crippen LogP contribution in [-0.4, -0.2) is 50.1 Å². The number of carbonyl (C=O) groups is 2. The van der Waals surface area contributed by atoms with Gasteiger partial charge in [-0.15, -0.1) is 0 Å². The number of sulfone groups is 1. The van der Waals surface area contributed by atoms with Crippen molar-refractivity contribution in [1.29, 1.82) is 0 Å². The van der Waals surface area contributed by atoms with Crippen molar-refractivity contribution in [3.63, 3.8) is 0 Å². The summed E-state index contributed by atoms with van der Waals surface area (Å²) in [6, 6.07) is 9.62. The van der Waals surface area contributed by atoms with Crippen LogP contribution in [-0.2, 0) is 21.7 Å². The number of carbonyl (C=O) groups excluding carboxylic acids is 2. The number of halogens is 1. The van der Waals surface area contributed by atoms with Crippen LogP contribution in [0.3, 0.4) is 0 Å². The Labute approximate surface area is 212 Å². The van der Waals surface area contributed by atoms with Gasteiger partial charge in [0.05, 0.1) is 16.7 Å². The molecule has 1 aliphatic heterocycles. The lowest BCUT2D eigenvalue weighted by atomic mass is 9.97. The first kappa shape index (κ1) is 25.4. The van der Waals surface area contributed by atoms with Gasteiger partial charge in [-0.25, -0.2) is 8.42 Å².